The number of hydrogen-bond acceptors (Lipinski definition) is 4. The van der Waals surface area contributed by atoms with Gasteiger partial charge in [-0.2, -0.15) is 5.10 Å². The number of carbonyl (C=O) groups excluding carboxylic acids is 1. The highest BCUT2D eigenvalue weighted by Gasteiger charge is 2.31. The van der Waals surface area contributed by atoms with E-state index < -0.39 is 0 Å². The fraction of sp³-hybridized carbons (Fsp3) is 0.400. The van der Waals surface area contributed by atoms with Gasteiger partial charge in [0.2, 0.25) is 5.88 Å². The zero-order valence-electron chi connectivity index (χ0n) is 12.5. The maximum atomic E-state index is 12.6. The Balaban J connectivity index is 1.68. The fourth-order valence-electron chi connectivity index (χ4n) is 2.65. The minimum atomic E-state index is -0.0392. The Morgan fingerprint density at radius 1 is 1.50 bits per heavy atom. The quantitative estimate of drug-likeness (QED) is 0.907. The van der Waals surface area contributed by atoms with Gasteiger partial charge in [-0.1, -0.05) is 0 Å². The molecule has 2 aromatic rings. The first-order valence-corrected chi connectivity index (χ1v) is 7.93. The number of aryl methyl sites for hydroxylation is 2. The van der Waals surface area contributed by atoms with Crippen LogP contribution in [-0.2, 0) is 0 Å². The molecule has 1 amide bonds. The third kappa shape index (κ3) is 2.85. The second-order valence-electron chi connectivity index (χ2n) is 5.38. The lowest BCUT2D eigenvalue weighted by atomic mass is 10.2. The summed E-state index contributed by atoms with van der Waals surface area (Å²) in [5.41, 5.74) is 2.21. The van der Waals surface area contributed by atoms with Crippen molar-refractivity contribution in [3.8, 4) is 5.88 Å². The molecule has 6 nitrogen and oxygen atoms in total. The summed E-state index contributed by atoms with van der Waals surface area (Å²) in [5, 5.41) is 6.94. The van der Waals surface area contributed by atoms with Crippen molar-refractivity contribution in [2.75, 3.05) is 13.1 Å². The number of aromatic amines is 1. The van der Waals surface area contributed by atoms with E-state index in [-0.39, 0.29) is 12.0 Å². The van der Waals surface area contributed by atoms with Crippen molar-refractivity contribution >= 4 is 21.8 Å². The van der Waals surface area contributed by atoms with E-state index in [1.165, 1.54) is 0 Å². The van der Waals surface area contributed by atoms with Gasteiger partial charge in [0.1, 0.15) is 6.10 Å². The summed E-state index contributed by atoms with van der Waals surface area (Å²) in [7, 11) is 0. The van der Waals surface area contributed by atoms with Crippen LogP contribution in [0.15, 0.2) is 22.8 Å². The van der Waals surface area contributed by atoms with E-state index in [0.29, 0.717) is 24.5 Å². The molecule has 7 heteroatoms. The van der Waals surface area contributed by atoms with Crippen molar-refractivity contribution in [1.29, 1.82) is 0 Å². The lowest BCUT2D eigenvalue weighted by Crippen LogP contribution is -2.31. The predicted molar refractivity (Wildman–Crippen MR) is 84.9 cm³/mol. The van der Waals surface area contributed by atoms with Crippen LogP contribution < -0.4 is 4.74 Å². The molecule has 2 aromatic heterocycles. The monoisotopic (exact) mass is 364 g/mol. The van der Waals surface area contributed by atoms with Crippen LogP contribution >= 0.6 is 15.9 Å². The van der Waals surface area contributed by atoms with Crippen LogP contribution in [0.25, 0.3) is 0 Å². The largest absolute Gasteiger partial charge is 0.472 e. The Morgan fingerprint density at radius 2 is 2.32 bits per heavy atom. The molecule has 1 fully saturated rings. The molecule has 0 aliphatic carbocycles. The highest BCUT2D eigenvalue weighted by Crippen LogP contribution is 2.25. The van der Waals surface area contributed by atoms with E-state index in [1.54, 1.807) is 6.20 Å². The van der Waals surface area contributed by atoms with Crippen molar-refractivity contribution in [3.63, 3.8) is 0 Å². The molecule has 116 valence electrons. The number of nitrogens with zero attached hydrogens (tertiary/aromatic N) is 3. The van der Waals surface area contributed by atoms with Crippen molar-refractivity contribution in [2.24, 2.45) is 0 Å². The molecule has 0 aromatic carbocycles. The predicted octanol–water partition coefficient (Wildman–Crippen LogP) is 2.48. The van der Waals surface area contributed by atoms with Crippen LogP contribution in [0.1, 0.15) is 28.2 Å². The van der Waals surface area contributed by atoms with Gasteiger partial charge in [0, 0.05) is 24.9 Å². The lowest BCUT2D eigenvalue weighted by molar-refractivity contribution is 0.0769. The Bertz CT molecular complexity index is 681. The molecule has 3 heterocycles. The van der Waals surface area contributed by atoms with Gasteiger partial charge in [-0.25, -0.2) is 4.98 Å². The molecule has 0 spiro atoms. The van der Waals surface area contributed by atoms with E-state index in [4.69, 9.17) is 4.74 Å². The van der Waals surface area contributed by atoms with Crippen LogP contribution in [0.4, 0.5) is 0 Å². The molecule has 1 saturated heterocycles. The molecule has 1 unspecified atom stereocenters. The maximum absolute atomic E-state index is 12.6. The highest BCUT2D eigenvalue weighted by molar-refractivity contribution is 9.10. The Hall–Kier alpha value is -1.89. The van der Waals surface area contributed by atoms with E-state index in [2.05, 4.69) is 31.1 Å². The average molecular weight is 365 g/mol. The number of aromatic nitrogens is 3. The molecule has 0 saturated carbocycles. The van der Waals surface area contributed by atoms with Crippen molar-refractivity contribution in [3.05, 3.63) is 39.8 Å². The number of nitrogens with one attached hydrogen (secondary N) is 1. The first-order chi connectivity index (χ1) is 10.6. The first kappa shape index (κ1) is 15.0. The van der Waals surface area contributed by atoms with Crippen LogP contribution in [0.5, 0.6) is 5.88 Å². The minimum Gasteiger partial charge on any atom is -0.472 e. The Labute approximate surface area is 137 Å². The maximum Gasteiger partial charge on any atom is 0.257 e. The number of ether oxygens (including phenoxy) is 1. The molecule has 1 aliphatic heterocycles. The van der Waals surface area contributed by atoms with Crippen LogP contribution in [0.3, 0.4) is 0 Å². The summed E-state index contributed by atoms with van der Waals surface area (Å²) in [6, 6.07) is 3.73. The number of rotatable bonds is 3. The third-order valence-corrected chi connectivity index (χ3v) is 4.38. The van der Waals surface area contributed by atoms with Crippen LogP contribution in [0.2, 0.25) is 0 Å². The third-order valence-electron chi connectivity index (χ3n) is 3.78. The molecule has 1 aliphatic rings. The van der Waals surface area contributed by atoms with Crippen molar-refractivity contribution in [2.45, 2.75) is 26.4 Å². The van der Waals surface area contributed by atoms with Crippen molar-refractivity contribution in [1.82, 2.24) is 20.1 Å². The second kappa shape index (κ2) is 6.08. The fourth-order valence-corrected chi connectivity index (χ4v) is 3.00. The summed E-state index contributed by atoms with van der Waals surface area (Å²) < 4.78 is 6.71. The van der Waals surface area contributed by atoms with E-state index in [9.17, 15) is 4.79 Å². The van der Waals surface area contributed by atoms with Gasteiger partial charge < -0.3 is 9.64 Å². The smallest absolute Gasteiger partial charge is 0.257 e. The second-order valence-corrected chi connectivity index (χ2v) is 6.23. The van der Waals surface area contributed by atoms with Gasteiger partial charge in [-0.15, -0.1) is 0 Å². The Morgan fingerprint density at radius 3 is 3.00 bits per heavy atom. The summed E-state index contributed by atoms with van der Waals surface area (Å²) >= 11 is 3.42. The summed E-state index contributed by atoms with van der Waals surface area (Å²) in [4.78, 5) is 18.6. The van der Waals surface area contributed by atoms with Gasteiger partial charge >= 0.3 is 0 Å². The van der Waals surface area contributed by atoms with E-state index in [0.717, 1.165) is 22.3 Å². The Kier molecular flexibility index (Phi) is 4.15. The molecule has 22 heavy (non-hydrogen) atoms. The number of carbonyl (C=O) groups is 1. The molecule has 1 N–H and O–H groups in total. The zero-order valence-corrected chi connectivity index (χ0v) is 14.1. The number of likely N-dealkylation sites (tertiary alicyclic amines) is 1. The van der Waals surface area contributed by atoms with Gasteiger partial charge in [-0.3, -0.25) is 9.89 Å². The highest BCUT2D eigenvalue weighted by atomic mass is 79.9. The molecule has 1 atom stereocenters. The molecule has 0 radical (unpaired) electrons. The summed E-state index contributed by atoms with van der Waals surface area (Å²) in [6.07, 6.45) is 2.45. The lowest BCUT2D eigenvalue weighted by Gasteiger charge is -2.17. The van der Waals surface area contributed by atoms with Gasteiger partial charge in [0.15, 0.2) is 0 Å². The van der Waals surface area contributed by atoms with Gasteiger partial charge in [0.25, 0.3) is 5.91 Å². The standard InChI is InChI=1S/C15H17BrN4O2/c1-9-13(10(2)19-18-9)15(21)20-7-5-11(8-20)22-14-12(16)4-3-6-17-14/h3-4,6,11H,5,7-8H2,1-2H3,(H,18,19). The minimum absolute atomic E-state index is 0.00920. The number of hydrogen-bond donors (Lipinski definition) is 1. The van der Waals surface area contributed by atoms with E-state index in [1.807, 2.05) is 30.9 Å². The molecule has 3 rings (SSSR count). The molecular formula is C15H17BrN4O2. The van der Waals surface area contributed by atoms with E-state index >= 15 is 0 Å². The van der Waals surface area contributed by atoms with Crippen LogP contribution in [-0.4, -0.2) is 45.2 Å². The number of H-pyrrole nitrogens is 1. The van der Waals surface area contributed by atoms with Crippen molar-refractivity contribution < 1.29 is 9.53 Å². The van der Waals surface area contributed by atoms with Gasteiger partial charge in [0.05, 0.1) is 22.3 Å². The first-order valence-electron chi connectivity index (χ1n) is 7.14. The van der Waals surface area contributed by atoms with Crippen LogP contribution in [0, 0.1) is 13.8 Å². The molecular weight excluding hydrogens is 348 g/mol. The normalized spacial score (nSPS) is 17.8. The summed E-state index contributed by atoms with van der Waals surface area (Å²) in [6.45, 7) is 4.94. The number of amides is 1. The average Bonchev–Trinajstić information content (AvgIpc) is 3.08. The van der Waals surface area contributed by atoms with Gasteiger partial charge in [-0.05, 0) is 41.9 Å². The number of pyridine rings is 1. The molecule has 0 bridgehead atoms. The topological polar surface area (TPSA) is 71.1 Å². The SMILES string of the molecule is Cc1n[nH]c(C)c1C(=O)N1CCC(Oc2ncccc2Br)C1. The summed E-state index contributed by atoms with van der Waals surface area (Å²) in [5.74, 6) is 0.576. The zero-order chi connectivity index (χ0) is 15.7. The number of halogens is 1.